The Morgan fingerprint density at radius 3 is 2.50 bits per heavy atom. The Kier molecular flexibility index (Phi) is 8.47. The lowest BCUT2D eigenvalue weighted by Crippen LogP contribution is -2.27. The van der Waals surface area contributed by atoms with Crippen LogP contribution in [0.4, 0.5) is 19.3 Å². The van der Waals surface area contributed by atoms with Crippen LogP contribution in [0.3, 0.4) is 0 Å². The van der Waals surface area contributed by atoms with Gasteiger partial charge in [-0.15, -0.1) is 0 Å². The second kappa shape index (κ2) is 11.5. The van der Waals surface area contributed by atoms with E-state index in [1.807, 2.05) is 0 Å². The third-order valence-electron chi connectivity index (χ3n) is 4.91. The van der Waals surface area contributed by atoms with Crippen molar-refractivity contribution in [2.75, 3.05) is 11.9 Å². The van der Waals surface area contributed by atoms with Crippen LogP contribution >= 0.6 is 0 Å². The number of hydrogen-bond acceptors (Lipinski definition) is 6. The van der Waals surface area contributed by atoms with Crippen LogP contribution in [0.5, 0.6) is 0 Å². The molecule has 7 nitrogen and oxygen atoms in total. The molecule has 9 heteroatoms. The van der Waals surface area contributed by atoms with E-state index in [1.54, 1.807) is 58.0 Å². The van der Waals surface area contributed by atoms with Gasteiger partial charge in [-0.05, 0) is 63.1 Å². The van der Waals surface area contributed by atoms with Crippen molar-refractivity contribution in [3.63, 3.8) is 0 Å². The lowest BCUT2D eigenvalue weighted by molar-refractivity contribution is -0.137. The summed E-state index contributed by atoms with van der Waals surface area (Å²) < 4.78 is 40.5. The SMILES string of the molecule is CCOC(=O)/C=C/c1nnccc1-c1ccc(NC(=O)OC(C)(C)C)c(F)c1Cc1ccccc1F. The molecule has 2 aromatic carbocycles. The number of nitrogens with one attached hydrogen (secondary N) is 1. The average molecular weight is 496 g/mol. The van der Waals surface area contributed by atoms with Gasteiger partial charge in [0.25, 0.3) is 0 Å². The fourth-order valence-electron chi connectivity index (χ4n) is 3.42. The molecule has 3 rings (SSSR count). The molecule has 188 valence electrons. The predicted molar refractivity (Wildman–Crippen MR) is 132 cm³/mol. The maximum atomic E-state index is 15.9. The Hall–Kier alpha value is -4.14. The summed E-state index contributed by atoms with van der Waals surface area (Å²) in [5.41, 5.74) is 0.616. The van der Waals surface area contributed by atoms with Crippen molar-refractivity contribution >= 4 is 23.8 Å². The van der Waals surface area contributed by atoms with Crippen LogP contribution in [-0.2, 0) is 20.7 Å². The van der Waals surface area contributed by atoms with Crippen molar-refractivity contribution in [1.82, 2.24) is 10.2 Å². The van der Waals surface area contributed by atoms with Crippen LogP contribution in [0.1, 0.15) is 44.5 Å². The number of ether oxygens (including phenoxy) is 2. The molecule has 1 N–H and O–H groups in total. The molecule has 1 heterocycles. The Balaban J connectivity index is 2.11. The topological polar surface area (TPSA) is 90.4 Å². The zero-order chi connectivity index (χ0) is 26.3. The van der Waals surface area contributed by atoms with Crippen LogP contribution in [0.25, 0.3) is 17.2 Å². The summed E-state index contributed by atoms with van der Waals surface area (Å²) in [6, 6.07) is 10.6. The van der Waals surface area contributed by atoms with Crippen LogP contribution in [0.2, 0.25) is 0 Å². The third-order valence-corrected chi connectivity index (χ3v) is 4.91. The molecule has 3 aromatic rings. The highest BCUT2D eigenvalue weighted by molar-refractivity contribution is 5.90. The number of esters is 1. The standard InChI is InChI=1S/C27H27F2N3O4/c1-5-35-24(33)13-12-22-19(14-15-30-32-22)18-10-11-23(31-26(34)36-27(2,3)4)25(29)20(18)16-17-8-6-7-9-21(17)28/h6-15H,5,16H2,1-4H3,(H,31,34)/b13-12+. The van der Waals surface area contributed by atoms with Gasteiger partial charge in [0, 0.05) is 23.6 Å². The molecule has 0 radical (unpaired) electrons. The van der Waals surface area contributed by atoms with Crippen LogP contribution in [0, 0.1) is 11.6 Å². The molecular weight excluding hydrogens is 468 g/mol. The van der Waals surface area contributed by atoms with E-state index in [4.69, 9.17) is 9.47 Å². The Labute approximate surface area is 208 Å². The van der Waals surface area contributed by atoms with Gasteiger partial charge < -0.3 is 9.47 Å². The van der Waals surface area contributed by atoms with Crippen molar-refractivity contribution in [2.45, 2.75) is 39.7 Å². The summed E-state index contributed by atoms with van der Waals surface area (Å²) in [6.45, 7) is 6.97. The lowest BCUT2D eigenvalue weighted by Gasteiger charge is -2.21. The fraction of sp³-hybridized carbons (Fsp3) is 0.259. The van der Waals surface area contributed by atoms with E-state index in [-0.39, 0.29) is 35.5 Å². The number of nitrogens with zero attached hydrogens (tertiary/aromatic N) is 2. The highest BCUT2D eigenvalue weighted by Crippen LogP contribution is 2.34. The van der Waals surface area contributed by atoms with Gasteiger partial charge in [0.1, 0.15) is 11.4 Å². The van der Waals surface area contributed by atoms with Crippen molar-refractivity contribution in [2.24, 2.45) is 0 Å². The first-order valence-corrected chi connectivity index (χ1v) is 11.3. The molecular formula is C27H27F2N3O4. The molecule has 0 aliphatic carbocycles. The van der Waals surface area contributed by atoms with E-state index in [2.05, 4.69) is 15.5 Å². The zero-order valence-corrected chi connectivity index (χ0v) is 20.5. The summed E-state index contributed by atoms with van der Waals surface area (Å²) in [7, 11) is 0. The van der Waals surface area contributed by atoms with Crippen LogP contribution < -0.4 is 5.32 Å². The number of halogens is 2. The molecule has 0 fully saturated rings. The van der Waals surface area contributed by atoms with E-state index < -0.39 is 29.3 Å². The molecule has 0 aliphatic heterocycles. The molecule has 0 saturated heterocycles. The Morgan fingerprint density at radius 1 is 1.06 bits per heavy atom. The monoisotopic (exact) mass is 495 g/mol. The molecule has 0 spiro atoms. The summed E-state index contributed by atoms with van der Waals surface area (Å²) in [5.74, 6) is -1.81. The number of rotatable bonds is 7. The summed E-state index contributed by atoms with van der Waals surface area (Å²) >= 11 is 0. The normalized spacial score (nSPS) is 11.4. The zero-order valence-electron chi connectivity index (χ0n) is 20.5. The second-order valence-electron chi connectivity index (χ2n) is 8.76. The van der Waals surface area contributed by atoms with Crippen molar-refractivity contribution in [3.05, 3.63) is 83.2 Å². The second-order valence-corrected chi connectivity index (χ2v) is 8.76. The van der Waals surface area contributed by atoms with Gasteiger partial charge in [-0.1, -0.05) is 24.3 Å². The predicted octanol–water partition coefficient (Wildman–Crippen LogP) is 5.94. The van der Waals surface area contributed by atoms with E-state index in [9.17, 15) is 14.0 Å². The van der Waals surface area contributed by atoms with Gasteiger partial charge >= 0.3 is 12.1 Å². The average Bonchev–Trinajstić information content (AvgIpc) is 2.81. The molecule has 0 aliphatic rings. The first kappa shape index (κ1) is 26.5. The number of anilines is 1. The number of amides is 1. The Morgan fingerprint density at radius 2 is 1.81 bits per heavy atom. The number of carbonyl (C=O) groups excluding carboxylic acids is 2. The molecule has 0 unspecified atom stereocenters. The molecule has 0 saturated carbocycles. The molecule has 36 heavy (non-hydrogen) atoms. The number of benzene rings is 2. The van der Waals surface area contributed by atoms with Crippen molar-refractivity contribution in [3.8, 4) is 11.1 Å². The van der Waals surface area contributed by atoms with Gasteiger partial charge in [-0.2, -0.15) is 10.2 Å². The van der Waals surface area contributed by atoms with Crippen LogP contribution in [0.15, 0.2) is 54.7 Å². The van der Waals surface area contributed by atoms with Crippen molar-refractivity contribution < 1.29 is 27.8 Å². The van der Waals surface area contributed by atoms with Crippen molar-refractivity contribution in [1.29, 1.82) is 0 Å². The highest BCUT2D eigenvalue weighted by Gasteiger charge is 2.22. The lowest BCUT2D eigenvalue weighted by atomic mass is 9.92. The van der Waals surface area contributed by atoms with Gasteiger partial charge in [0.15, 0.2) is 5.82 Å². The van der Waals surface area contributed by atoms with Gasteiger partial charge in [0.05, 0.1) is 24.2 Å². The largest absolute Gasteiger partial charge is 0.463 e. The van der Waals surface area contributed by atoms with Crippen LogP contribution in [-0.4, -0.2) is 34.5 Å². The smallest absolute Gasteiger partial charge is 0.412 e. The minimum Gasteiger partial charge on any atom is -0.463 e. The van der Waals surface area contributed by atoms with Gasteiger partial charge in [0.2, 0.25) is 0 Å². The first-order valence-electron chi connectivity index (χ1n) is 11.3. The Bertz CT molecular complexity index is 1290. The van der Waals surface area contributed by atoms with Gasteiger partial charge in [-0.3, -0.25) is 5.32 Å². The first-order chi connectivity index (χ1) is 17.1. The van der Waals surface area contributed by atoms with E-state index >= 15 is 4.39 Å². The number of carbonyl (C=O) groups is 2. The number of hydrogen-bond donors (Lipinski definition) is 1. The minimum absolute atomic E-state index is 0.110. The summed E-state index contributed by atoms with van der Waals surface area (Å²) in [6.07, 6.45) is 3.10. The van der Waals surface area contributed by atoms with E-state index in [0.717, 1.165) is 0 Å². The summed E-state index contributed by atoms with van der Waals surface area (Å²) in [5, 5.41) is 10.3. The summed E-state index contributed by atoms with van der Waals surface area (Å²) in [4.78, 5) is 24.1. The van der Waals surface area contributed by atoms with E-state index in [1.165, 1.54) is 30.5 Å². The van der Waals surface area contributed by atoms with Gasteiger partial charge in [-0.25, -0.2) is 18.4 Å². The molecule has 0 bridgehead atoms. The third kappa shape index (κ3) is 6.94. The highest BCUT2D eigenvalue weighted by atomic mass is 19.1. The quantitative estimate of drug-likeness (QED) is 0.322. The maximum absolute atomic E-state index is 15.9. The minimum atomic E-state index is -0.824. The van der Waals surface area contributed by atoms with E-state index in [0.29, 0.717) is 11.1 Å². The molecule has 0 atom stereocenters. The fourth-order valence-corrected chi connectivity index (χ4v) is 3.42. The molecule has 1 aromatic heterocycles. The molecule has 1 amide bonds. The maximum Gasteiger partial charge on any atom is 0.412 e. The number of aromatic nitrogens is 2.